The van der Waals surface area contributed by atoms with Crippen LogP contribution in [-0.2, 0) is 19.6 Å². The number of aromatic nitrogens is 1. The largest absolute Gasteiger partial charge is 0.360 e. The average molecular weight is 427 g/mol. The predicted molar refractivity (Wildman–Crippen MR) is 105 cm³/mol. The predicted octanol–water partition coefficient (Wildman–Crippen LogP) is 1.11. The SMILES string of the molecule is Cc1noc(C)c1S(=O)(=O)N1CCCC(C(=O)NCCNC(=O)C2CCCC2)C1. The second kappa shape index (κ2) is 9.25. The number of sulfonamides is 1. The fourth-order valence-electron chi connectivity index (χ4n) is 4.19. The van der Waals surface area contributed by atoms with E-state index in [9.17, 15) is 18.0 Å². The fraction of sp³-hybridized carbons (Fsp3) is 0.737. The summed E-state index contributed by atoms with van der Waals surface area (Å²) >= 11 is 0. The summed E-state index contributed by atoms with van der Waals surface area (Å²) in [5, 5.41) is 9.42. The molecule has 2 fully saturated rings. The van der Waals surface area contributed by atoms with E-state index < -0.39 is 15.9 Å². The Kier molecular flexibility index (Phi) is 6.94. The Morgan fingerprint density at radius 2 is 1.62 bits per heavy atom. The van der Waals surface area contributed by atoms with Crippen LogP contribution in [-0.4, -0.2) is 55.9 Å². The standard InChI is InChI=1S/C19H30N4O5S/c1-13-17(14(2)28-22-13)29(26,27)23-11-5-8-16(12-23)19(25)21-10-9-20-18(24)15-6-3-4-7-15/h15-16H,3-12H2,1-2H3,(H,20,24)(H,21,25). The maximum Gasteiger partial charge on any atom is 0.248 e. The number of carbonyl (C=O) groups is 2. The van der Waals surface area contributed by atoms with Gasteiger partial charge >= 0.3 is 0 Å². The number of hydrogen-bond donors (Lipinski definition) is 2. The quantitative estimate of drug-likeness (QED) is 0.630. The molecule has 1 saturated carbocycles. The molecule has 29 heavy (non-hydrogen) atoms. The van der Waals surface area contributed by atoms with Gasteiger partial charge in [0, 0.05) is 32.1 Å². The minimum absolute atomic E-state index is 0.0612. The highest BCUT2D eigenvalue weighted by Gasteiger charge is 2.36. The molecule has 1 atom stereocenters. The van der Waals surface area contributed by atoms with Crippen molar-refractivity contribution in [1.82, 2.24) is 20.1 Å². The van der Waals surface area contributed by atoms with Crippen molar-refractivity contribution in [1.29, 1.82) is 0 Å². The Labute approximate surface area is 171 Å². The first kappa shape index (κ1) is 21.8. The monoisotopic (exact) mass is 426 g/mol. The molecule has 1 aliphatic carbocycles. The van der Waals surface area contributed by atoms with Crippen molar-refractivity contribution >= 4 is 21.8 Å². The highest BCUT2D eigenvalue weighted by atomic mass is 32.2. The molecule has 0 spiro atoms. The van der Waals surface area contributed by atoms with Crippen molar-refractivity contribution in [3.8, 4) is 0 Å². The highest BCUT2D eigenvalue weighted by Crippen LogP contribution is 2.28. The number of aryl methyl sites for hydroxylation is 2. The van der Waals surface area contributed by atoms with Gasteiger partial charge in [-0.15, -0.1) is 0 Å². The topological polar surface area (TPSA) is 122 Å². The van der Waals surface area contributed by atoms with E-state index in [1.807, 2.05) is 0 Å². The molecule has 0 aromatic carbocycles. The Hall–Kier alpha value is -1.94. The van der Waals surface area contributed by atoms with Gasteiger partial charge in [-0.2, -0.15) is 4.31 Å². The van der Waals surface area contributed by atoms with Crippen LogP contribution in [0.5, 0.6) is 0 Å². The molecule has 162 valence electrons. The van der Waals surface area contributed by atoms with E-state index in [-0.39, 0.29) is 34.9 Å². The molecule has 2 N–H and O–H groups in total. The summed E-state index contributed by atoms with van der Waals surface area (Å²) in [5.41, 5.74) is 0.326. The van der Waals surface area contributed by atoms with Gasteiger partial charge in [-0.05, 0) is 39.5 Å². The summed E-state index contributed by atoms with van der Waals surface area (Å²) < 4.78 is 32.3. The minimum atomic E-state index is -3.75. The minimum Gasteiger partial charge on any atom is -0.360 e. The number of carbonyl (C=O) groups excluding carboxylic acids is 2. The molecule has 3 rings (SSSR count). The first-order chi connectivity index (χ1) is 13.8. The van der Waals surface area contributed by atoms with E-state index in [4.69, 9.17) is 4.52 Å². The van der Waals surface area contributed by atoms with Crippen LogP contribution in [0, 0.1) is 25.7 Å². The van der Waals surface area contributed by atoms with Gasteiger partial charge in [-0.1, -0.05) is 18.0 Å². The number of nitrogens with zero attached hydrogens (tertiary/aromatic N) is 2. The van der Waals surface area contributed by atoms with E-state index in [0.29, 0.717) is 38.2 Å². The highest BCUT2D eigenvalue weighted by molar-refractivity contribution is 7.89. The third-order valence-corrected chi connectivity index (χ3v) is 7.88. The number of amides is 2. The average Bonchev–Trinajstić information content (AvgIpc) is 3.35. The second-order valence-corrected chi connectivity index (χ2v) is 9.79. The molecule has 2 heterocycles. The lowest BCUT2D eigenvalue weighted by Gasteiger charge is -2.31. The van der Waals surface area contributed by atoms with Crippen molar-refractivity contribution in [3.63, 3.8) is 0 Å². The summed E-state index contributed by atoms with van der Waals surface area (Å²) in [7, 11) is -3.75. The first-order valence-electron chi connectivity index (χ1n) is 10.3. The Balaban J connectivity index is 1.49. The van der Waals surface area contributed by atoms with Crippen LogP contribution in [0.1, 0.15) is 50.0 Å². The second-order valence-electron chi connectivity index (χ2n) is 7.92. The lowest BCUT2D eigenvalue weighted by atomic mass is 9.99. The maximum absolute atomic E-state index is 13.0. The van der Waals surface area contributed by atoms with E-state index in [1.54, 1.807) is 13.8 Å². The normalized spacial score (nSPS) is 21.2. The summed E-state index contributed by atoms with van der Waals surface area (Å²) in [6.45, 7) is 4.39. The van der Waals surface area contributed by atoms with Gasteiger partial charge in [0.15, 0.2) is 5.76 Å². The van der Waals surface area contributed by atoms with Gasteiger partial charge in [0.05, 0.1) is 5.92 Å². The van der Waals surface area contributed by atoms with Crippen LogP contribution >= 0.6 is 0 Å². The van der Waals surface area contributed by atoms with Crippen LogP contribution in [0.3, 0.4) is 0 Å². The van der Waals surface area contributed by atoms with Crippen molar-refractivity contribution in [2.75, 3.05) is 26.2 Å². The van der Waals surface area contributed by atoms with Crippen LogP contribution < -0.4 is 10.6 Å². The summed E-state index contributed by atoms with van der Waals surface area (Å²) in [4.78, 5) is 24.6. The van der Waals surface area contributed by atoms with E-state index in [0.717, 1.165) is 25.7 Å². The smallest absolute Gasteiger partial charge is 0.248 e. The van der Waals surface area contributed by atoms with Gasteiger partial charge in [0.1, 0.15) is 10.6 Å². The number of nitrogens with one attached hydrogen (secondary N) is 2. The van der Waals surface area contributed by atoms with Gasteiger partial charge in [-0.25, -0.2) is 8.42 Å². The van der Waals surface area contributed by atoms with Crippen LogP contribution in [0.25, 0.3) is 0 Å². The molecule has 2 amide bonds. The zero-order valence-electron chi connectivity index (χ0n) is 17.1. The lowest BCUT2D eigenvalue weighted by Crippen LogP contribution is -2.46. The van der Waals surface area contributed by atoms with Crippen molar-refractivity contribution < 1.29 is 22.5 Å². The van der Waals surface area contributed by atoms with Gasteiger partial charge in [0.2, 0.25) is 21.8 Å². The van der Waals surface area contributed by atoms with E-state index >= 15 is 0 Å². The number of piperidine rings is 1. The molecule has 2 aliphatic rings. The molecule has 1 aromatic heterocycles. The van der Waals surface area contributed by atoms with Crippen LogP contribution in [0.15, 0.2) is 9.42 Å². The van der Waals surface area contributed by atoms with E-state index in [2.05, 4.69) is 15.8 Å². The molecule has 0 bridgehead atoms. The molecule has 1 aromatic rings. The van der Waals surface area contributed by atoms with Crippen molar-refractivity contribution in [2.24, 2.45) is 11.8 Å². The fourth-order valence-corrected chi connectivity index (χ4v) is 6.01. The van der Waals surface area contributed by atoms with Crippen LogP contribution in [0.4, 0.5) is 0 Å². The molecule has 1 unspecified atom stereocenters. The Bertz CT molecular complexity index is 825. The zero-order valence-corrected chi connectivity index (χ0v) is 17.9. The summed E-state index contributed by atoms with van der Waals surface area (Å²) in [6, 6.07) is 0. The van der Waals surface area contributed by atoms with E-state index in [1.165, 1.54) is 4.31 Å². The van der Waals surface area contributed by atoms with Gasteiger partial charge in [0.25, 0.3) is 0 Å². The molecular weight excluding hydrogens is 396 g/mol. The Morgan fingerprint density at radius 1 is 1.03 bits per heavy atom. The molecule has 1 saturated heterocycles. The third-order valence-electron chi connectivity index (χ3n) is 5.77. The first-order valence-corrected chi connectivity index (χ1v) is 11.7. The third kappa shape index (κ3) is 4.98. The molecule has 10 heteroatoms. The lowest BCUT2D eigenvalue weighted by molar-refractivity contribution is -0.127. The number of rotatable bonds is 7. The van der Waals surface area contributed by atoms with Crippen molar-refractivity contribution in [2.45, 2.75) is 57.3 Å². The maximum atomic E-state index is 13.0. The molecule has 1 aliphatic heterocycles. The number of hydrogen-bond acceptors (Lipinski definition) is 6. The van der Waals surface area contributed by atoms with Crippen LogP contribution in [0.2, 0.25) is 0 Å². The molecule has 9 nitrogen and oxygen atoms in total. The van der Waals surface area contributed by atoms with Gasteiger partial charge < -0.3 is 15.2 Å². The zero-order chi connectivity index (χ0) is 21.0. The van der Waals surface area contributed by atoms with Crippen molar-refractivity contribution in [3.05, 3.63) is 11.5 Å². The summed E-state index contributed by atoms with van der Waals surface area (Å²) in [6.07, 6.45) is 5.33. The summed E-state index contributed by atoms with van der Waals surface area (Å²) in [5.74, 6) is -0.173. The molecule has 0 radical (unpaired) electrons. The molecular formula is C19H30N4O5S. The van der Waals surface area contributed by atoms with Gasteiger partial charge in [-0.3, -0.25) is 9.59 Å². The Morgan fingerprint density at radius 3 is 2.21 bits per heavy atom.